The number of nitrogens with zero attached hydrogens (tertiary/aromatic N) is 13. The number of amides is 2. The number of hydrogen-bond acceptors (Lipinski definition) is 28. The van der Waals surface area contributed by atoms with E-state index in [1.807, 2.05) is 39.8 Å². The van der Waals surface area contributed by atoms with Crippen LogP contribution in [0, 0.1) is 0 Å². The monoisotopic (exact) mass is 1480 g/mol. The molecule has 2 amide bonds. The average Bonchev–Trinajstić information content (AvgIpc) is 1.62. The summed E-state index contributed by atoms with van der Waals surface area (Å²) in [6.07, 6.45) is 10.2. The van der Waals surface area contributed by atoms with Gasteiger partial charge in [-0.2, -0.15) is 41.8 Å². The fraction of sp³-hybridized carbons (Fsp3) is 0.388. The molecule has 0 radical (unpaired) electrons. The second-order valence-electron chi connectivity index (χ2n) is 23.2. The maximum absolute atomic E-state index is 13.9. The van der Waals surface area contributed by atoms with Gasteiger partial charge in [0.05, 0.1) is 67.7 Å². The van der Waals surface area contributed by atoms with Crippen LogP contribution in [0.1, 0.15) is 110 Å². The molecule has 3 aromatic heterocycles. The van der Waals surface area contributed by atoms with E-state index in [2.05, 4.69) is 47.8 Å². The number of aromatic nitrogens is 5. The lowest BCUT2D eigenvalue weighted by Crippen LogP contribution is -2.30. The zero-order valence-electron chi connectivity index (χ0n) is 57.4. The minimum atomic E-state index is -4.60. The van der Waals surface area contributed by atoms with Crippen LogP contribution >= 0.6 is 34.4 Å². The molecule has 0 spiro atoms. The number of carbonyl (C=O) groups is 4. The van der Waals surface area contributed by atoms with Crippen molar-refractivity contribution in [2.75, 3.05) is 113 Å². The van der Waals surface area contributed by atoms with Crippen molar-refractivity contribution >= 4 is 169 Å². The van der Waals surface area contributed by atoms with Gasteiger partial charge >= 0.3 is 0 Å². The van der Waals surface area contributed by atoms with E-state index in [1.54, 1.807) is 26.4 Å². The molecule has 0 saturated carbocycles. The molecule has 7 aromatic rings. The number of rotatable bonds is 32. The van der Waals surface area contributed by atoms with Crippen LogP contribution in [0.2, 0.25) is 0 Å². The standard InChI is InChI=1S/C67H81N17O12S5/c1-10-15-32-97-65-75-63(70-49-37-53(81(11-2)12-3)55(95-8)39-51(49)77-79-66-72-59(83-28-18-16-19-29-83)57(98-66)35-47(41(6)85)61(87)68-43-24-22-26-45(33-43)100(89,90)91)74-64(76-65)71-50-38-54(82(13-4)14-5)56(96-9)40-52(50)78-80-67-73-60(84-30-20-17-21-31-84)58(99-67)36-48(42(7)86)62(88)69-44-25-23-27-46(34-44)101(92,93)94/h22-27,33-40H,10-21,28-32H2,1-9H3,(H,68,87)(H,69,88)(H,89,90,91)(H,92,93,94)(H2,70,71,74,75,76)/b47-35-,48-36+,79-77?,80-78?. The molecule has 0 atom stereocenters. The van der Waals surface area contributed by atoms with E-state index in [9.17, 15) is 45.1 Å². The molecule has 34 heteroatoms. The summed E-state index contributed by atoms with van der Waals surface area (Å²) < 4.78 is 79.1. The molecule has 5 heterocycles. The number of ketones is 2. The van der Waals surface area contributed by atoms with Crippen LogP contribution in [0.4, 0.5) is 79.3 Å². The molecule has 2 aliphatic heterocycles. The van der Waals surface area contributed by atoms with E-state index in [0.29, 0.717) is 119 Å². The molecule has 0 bridgehead atoms. The summed E-state index contributed by atoms with van der Waals surface area (Å²) >= 11 is 3.65. The Morgan fingerprint density at radius 3 is 1.34 bits per heavy atom. The van der Waals surface area contributed by atoms with Crippen LogP contribution in [-0.4, -0.2) is 147 Å². The van der Waals surface area contributed by atoms with Gasteiger partial charge in [0.25, 0.3) is 32.1 Å². The number of thioether (sulfide) groups is 1. The highest BCUT2D eigenvalue weighted by atomic mass is 32.2. The Morgan fingerprint density at radius 1 is 0.574 bits per heavy atom. The summed E-state index contributed by atoms with van der Waals surface area (Å²) in [6, 6.07) is 17.3. The highest BCUT2D eigenvalue weighted by Crippen LogP contribution is 2.45. The van der Waals surface area contributed by atoms with Gasteiger partial charge in [-0.3, -0.25) is 28.3 Å². The van der Waals surface area contributed by atoms with Gasteiger partial charge in [-0.1, -0.05) is 59.9 Å². The summed E-state index contributed by atoms with van der Waals surface area (Å²) in [5, 5.41) is 31.8. The number of thiazole rings is 2. The Kier molecular flexibility index (Phi) is 26.2. The quantitative estimate of drug-likeness (QED) is 0.00434. The number of hydrogen-bond donors (Lipinski definition) is 6. The van der Waals surface area contributed by atoms with Crippen LogP contribution in [0.15, 0.2) is 119 Å². The summed E-state index contributed by atoms with van der Waals surface area (Å²) in [5.74, 6) is 0.126. The molecule has 29 nitrogen and oxygen atoms in total. The van der Waals surface area contributed by atoms with E-state index in [1.165, 1.54) is 74.2 Å². The van der Waals surface area contributed by atoms with Gasteiger partial charge in [0, 0.05) is 81.6 Å². The summed E-state index contributed by atoms with van der Waals surface area (Å²) in [6.45, 7) is 17.8. The maximum Gasteiger partial charge on any atom is 0.294 e. The predicted molar refractivity (Wildman–Crippen MR) is 397 cm³/mol. The smallest absolute Gasteiger partial charge is 0.294 e. The summed E-state index contributed by atoms with van der Waals surface area (Å²) in [4.78, 5) is 87.4. The maximum atomic E-state index is 13.9. The van der Waals surface area contributed by atoms with E-state index in [-0.39, 0.29) is 44.7 Å². The second kappa shape index (κ2) is 34.8. The number of nitrogens with one attached hydrogen (secondary N) is 4. The minimum absolute atomic E-state index is 0.0382. The normalized spacial score (nSPS) is 13.9. The van der Waals surface area contributed by atoms with Gasteiger partial charge in [0.15, 0.2) is 16.7 Å². The number of ether oxygens (including phenoxy) is 2. The lowest BCUT2D eigenvalue weighted by atomic mass is 10.1. The van der Waals surface area contributed by atoms with Crippen molar-refractivity contribution in [3.8, 4) is 11.5 Å². The molecule has 101 heavy (non-hydrogen) atoms. The number of piperidine rings is 2. The average molecular weight is 1480 g/mol. The molecule has 0 aliphatic carbocycles. The largest absolute Gasteiger partial charge is 0.494 e. The first-order chi connectivity index (χ1) is 48.4. The summed E-state index contributed by atoms with van der Waals surface area (Å²) in [7, 11) is -6.06. The molecule has 4 aromatic carbocycles. The number of benzene rings is 4. The number of unbranched alkanes of at least 4 members (excludes halogenated alkanes) is 1. The van der Waals surface area contributed by atoms with Crippen molar-refractivity contribution in [2.45, 2.75) is 115 Å². The van der Waals surface area contributed by atoms with Crippen LogP contribution in [0.5, 0.6) is 11.5 Å². The van der Waals surface area contributed by atoms with Crippen LogP contribution < -0.4 is 50.3 Å². The molecule has 2 fully saturated rings. The molecule has 2 aliphatic rings. The third kappa shape index (κ3) is 19.8. The Balaban J connectivity index is 1.11. The van der Waals surface area contributed by atoms with Crippen LogP contribution in [-0.2, 0) is 39.4 Å². The molecular weight excluding hydrogens is 1400 g/mol. The Morgan fingerprint density at radius 2 is 0.980 bits per heavy atom. The van der Waals surface area contributed by atoms with E-state index in [0.717, 1.165) is 97.5 Å². The Labute approximate surface area is 599 Å². The lowest BCUT2D eigenvalue weighted by Gasteiger charge is -2.27. The van der Waals surface area contributed by atoms with E-state index < -0.39 is 53.4 Å². The highest BCUT2D eigenvalue weighted by Gasteiger charge is 2.27. The number of Topliss-reactive ketones (excluding diaryl/α,β-unsaturated/α-hetero) is 2. The van der Waals surface area contributed by atoms with Crippen molar-refractivity contribution < 1.29 is 54.6 Å². The predicted octanol–water partition coefficient (Wildman–Crippen LogP) is 14.4. The molecular formula is C67H81N17O12S5. The molecule has 2 saturated heterocycles. The lowest BCUT2D eigenvalue weighted by molar-refractivity contribution is -0.120. The molecule has 536 valence electrons. The first-order valence-electron chi connectivity index (χ1n) is 32.9. The fourth-order valence-corrected chi connectivity index (χ4v) is 14.7. The topological polar surface area (TPSA) is 370 Å². The number of anilines is 10. The summed E-state index contributed by atoms with van der Waals surface area (Å²) in [5.41, 5.74) is 2.49. The van der Waals surface area contributed by atoms with Gasteiger partial charge in [-0.15, -0.1) is 20.5 Å². The first-order valence-corrected chi connectivity index (χ1v) is 38.4. The first kappa shape index (κ1) is 75.9. The van der Waals surface area contributed by atoms with Crippen molar-refractivity contribution in [1.82, 2.24) is 24.9 Å². The van der Waals surface area contributed by atoms with E-state index in [4.69, 9.17) is 54.9 Å². The number of azo groups is 2. The molecule has 6 N–H and O–H groups in total. The molecule has 0 unspecified atom stereocenters. The minimum Gasteiger partial charge on any atom is -0.494 e. The van der Waals surface area contributed by atoms with Crippen LogP contribution in [0.3, 0.4) is 0 Å². The van der Waals surface area contributed by atoms with Gasteiger partial charge in [-0.05, 0) is 147 Å². The van der Waals surface area contributed by atoms with Gasteiger partial charge in [0.2, 0.25) is 22.2 Å². The third-order valence-electron chi connectivity index (χ3n) is 16.3. The highest BCUT2D eigenvalue weighted by molar-refractivity contribution is 7.99. The van der Waals surface area contributed by atoms with Gasteiger partial charge in [0.1, 0.15) is 34.5 Å². The zero-order chi connectivity index (χ0) is 72.5. The number of methoxy groups -OCH3 is 2. The Hall–Kier alpha value is -9.32. The van der Waals surface area contributed by atoms with Crippen molar-refractivity contribution in [2.24, 2.45) is 20.5 Å². The SMILES string of the molecule is CCCCSc1nc(Nc2cc(N(CC)CC)c(OC)cc2N=Nc2nc(N3CCCCC3)c(/C=C(/C(C)=O)C(=O)Nc3cccc(S(=O)(=O)O)c3)s2)nc(Nc2cc(N(CC)CC)c(OC)cc2N=Nc2nc(N3CCCCC3)c(/C=C(\C(C)=O)C(=O)Nc3cccc(S(=O)(=O)O)c3)s2)n1. The zero-order valence-corrected chi connectivity index (χ0v) is 61.5. The third-order valence-corrected chi connectivity index (χ3v) is 20.6. The van der Waals surface area contributed by atoms with Crippen molar-refractivity contribution in [3.05, 3.63) is 93.7 Å². The van der Waals surface area contributed by atoms with E-state index >= 15 is 0 Å². The van der Waals surface area contributed by atoms with Crippen molar-refractivity contribution in [3.63, 3.8) is 0 Å². The fourth-order valence-electron chi connectivity index (χ4n) is 11.1. The van der Waals surface area contributed by atoms with Gasteiger partial charge in [-0.25, -0.2) is 0 Å². The van der Waals surface area contributed by atoms with Crippen molar-refractivity contribution in [1.29, 1.82) is 0 Å². The van der Waals surface area contributed by atoms with Crippen LogP contribution in [0.25, 0.3) is 12.2 Å². The Bertz CT molecular complexity index is 4270. The number of carbonyl (C=O) groups excluding carboxylic acids is 4. The van der Waals surface area contributed by atoms with Gasteiger partial charge < -0.3 is 50.3 Å². The molecule has 9 rings (SSSR count). The second-order valence-corrected chi connectivity index (χ2v) is 29.1.